The van der Waals surface area contributed by atoms with Crippen LogP contribution in [0.25, 0.3) is 0 Å². The Morgan fingerprint density at radius 1 is 1.32 bits per heavy atom. The molecule has 0 spiro atoms. The SMILES string of the molecule is Cc1nnc2n1CC(C(N)=O)N(C(=O)CCc1ccc(F)cc1F)C2. The van der Waals surface area contributed by atoms with Gasteiger partial charge in [0.05, 0.1) is 13.1 Å². The molecule has 1 aliphatic rings. The largest absolute Gasteiger partial charge is 0.368 e. The number of aryl methyl sites for hydroxylation is 2. The fourth-order valence-electron chi connectivity index (χ4n) is 2.93. The molecule has 0 saturated carbocycles. The first-order valence-corrected chi connectivity index (χ1v) is 7.78. The van der Waals surface area contributed by atoms with Crippen LogP contribution in [0, 0.1) is 18.6 Å². The van der Waals surface area contributed by atoms with Gasteiger partial charge in [-0.2, -0.15) is 0 Å². The maximum Gasteiger partial charge on any atom is 0.242 e. The molecule has 1 aromatic heterocycles. The van der Waals surface area contributed by atoms with Crippen LogP contribution < -0.4 is 5.73 Å². The summed E-state index contributed by atoms with van der Waals surface area (Å²) in [4.78, 5) is 25.6. The van der Waals surface area contributed by atoms with Gasteiger partial charge in [0.25, 0.3) is 0 Å². The Labute approximate surface area is 142 Å². The number of nitrogens with two attached hydrogens (primary N) is 1. The molecule has 1 aromatic carbocycles. The molecule has 1 atom stereocenters. The molecular formula is C16H17F2N5O2. The van der Waals surface area contributed by atoms with E-state index in [9.17, 15) is 18.4 Å². The van der Waals surface area contributed by atoms with Crippen LogP contribution in [-0.2, 0) is 29.1 Å². The van der Waals surface area contributed by atoms with Gasteiger partial charge in [-0.25, -0.2) is 8.78 Å². The van der Waals surface area contributed by atoms with Gasteiger partial charge in [0.2, 0.25) is 11.8 Å². The van der Waals surface area contributed by atoms with Crippen LogP contribution in [0.4, 0.5) is 8.78 Å². The second kappa shape index (κ2) is 6.58. The minimum Gasteiger partial charge on any atom is -0.368 e. The highest BCUT2D eigenvalue weighted by Gasteiger charge is 2.34. The van der Waals surface area contributed by atoms with Gasteiger partial charge in [0, 0.05) is 12.5 Å². The van der Waals surface area contributed by atoms with Crippen molar-refractivity contribution in [3.05, 3.63) is 47.0 Å². The third-order valence-corrected chi connectivity index (χ3v) is 4.33. The quantitative estimate of drug-likeness (QED) is 0.879. The lowest BCUT2D eigenvalue weighted by atomic mass is 10.1. The number of primary amides is 1. The van der Waals surface area contributed by atoms with Crippen molar-refractivity contribution in [2.24, 2.45) is 5.73 Å². The molecule has 3 rings (SSSR count). The Balaban J connectivity index is 1.74. The van der Waals surface area contributed by atoms with Crippen LogP contribution in [0.5, 0.6) is 0 Å². The molecule has 0 saturated heterocycles. The number of hydrogen-bond acceptors (Lipinski definition) is 4. The predicted molar refractivity (Wildman–Crippen MR) is 83.0 cm³/mol. The summed E-state index contributed by atoms with van der Waals surface area (Å²) < 4.78 is 28.4. The van der Waals surface area contributed by atoms with E-state index >= 15 is 0 Å². The minimum atomic E-state index is -0.812. The van der Waals surface area contributed by atoms with Crippen molar-refractivity contribution in [3.63, 3.8) is 0 Å². The first-order valence-electron chi connectivity index (χ1n) is 7.78. The molecule has 132 valence electrons. The summed E-state index contributed by atoms with van der Waals surface area (Å²) in [5.41, 5.74) is 5.67. The number of halogens is 2. The lowest BCUT2D eigenvalue weighted by Gasteiger charge is -2.34. The number of amides is 2. The molecule has 0 bridgehead atoms. The van der Waals surface area contributed by atoms with Crippen LogP contribution in [0.15, 0.2) is 18.2 Å². The van der Waals surface area contributed by atoms with Crippen LogP contribution in [-0.4, -0.2) is 37.5 Å². The molecule has 0 fully saturated rings. The van der Waals surface area contributed by atoms with Gasteiger partial charge in [-0.05, 0) is 25.0 Å². The number of nitrogens with zero attached hydrogens (tertiary/aromatic N) is 4. The highest BCUT2D eigenvalue weighted by molar-refractivity contribution is 5.86. The molecule has 25 heavy (non-hydrogen) atoms. The highest BCUT2D eigenvalue weighted by atomic mass is 19.1. The Bertz CT molecular complexity index is 836. The third-order valence-electron chi connectivity index (χ3n) is 4.33. The average molecular weight is 349 g/mol. The van der Waals surface area contributed by atoms with Crippen molar-refractivity contribution in [1.82, 2.24) is 19.7 Å². The van der Waals surface area contributed by atoms with Crippen molar-refractivity contribution in [3.8, 4) is 0 Å². The van der Waals surface area contributed by atoms with Gasteiger partial charge in [-0.1, -0.05) is 6.07 Å². The van der Waals surface area contributed by atoms with E-state index in [0.717, 1.165) is 12.1 Å². The van der Waals surface area contributed by atoms with E-state index in [2.05, 4.69) is 10.2 Å². The molecule has 1 aliphatic heterocycles. The molecule has 2 heterocycles. The van der Waals surface area contributed by atoms with Crippen molar-refractivity contribution in [2.75, 3.05) is 0 Å². The molecule has 7 nitrogen and oxygen atoms in total. The first kappa shape index (κ1) is 17.0. The van der Waals surface area contributed by atoms with Crippen LogP contribution in [0.3, 0.4) is 0 Å². The predicted octanol–water partition coefficient (Wildman–Crippen LogP) is 0.694. The average Bonchev–Trinajstić information content (AvgIpc) is 2.93. The van der Waals surface area contributed by atoms with Gasteiger partial charge < -0.3 is 15.2 Å². The van der Waals surface area contributed by atoms with Crippen LogP contribution >= 0.6 is 0 Å². The van der Waals surface area contributed by atoms with Crippen molar-refractivity contribution >= 4 is 11.8 Å². The number of aromatic nitrogens is 3. The Hall–Kier alpha value is -2.84. The summed E-state index contributed by atoms with van der Waals surface area (Å²) >= 11 is 0. The van der Waals surface area contributed by atoms with Gasteiger partial charge in [-0.15, -0.1) is 10.2 Å². The summed E-state index contributed by atoms with van der Waals surface area (Å²) in [6, 6.07) is 2.41. The standard InChI is InChI=1S/C16H17F2N5O2/c1-9-20-21-14-8-23(13(16(19)25)7-22(9)14)15(24)5-3-10-2-4-11(17)6-12(10)18/h2,4,6,13H,3,5,7-8H2,1H3,(H2,19,25). The maximum absolute atomic E-state index is 13.7. The summed E-state index contributed by atoms with van der Waals surface area (Å²) in [6.45, 7) is 2.06. The van der Waals surface area contributed by atoms with Gasteiger partial charge in [0.15, 0.2) is 5.82 Å². The molecule has 2 aromatic rings. The molecule has 9 heteroatoms. The van der Waals surface area contributed by atoms with Crippen molar-refractivity contribution < 1.29 is 18.4 Å². The number of carbonyl (C=O) groups excluding carboxylic acids is 2. The Kier molecular flexibility index (Phi) is 4.47. The Morgan fingerprint density at radius 3 is 2.76 bits per heavy atom. The fourth-order valence-corrected chi connectivity index (χ4v) is 2.93. The van der Waals surface area contributed by atoms with Crippen molar-refractivity contribution in [1.29, 1.82) is 0 Å². The molecule has 2 N–H and O–H groups in total. The van der Waals surface area contributed by atoms with Gasteiger partial charge >= 0.3 is 0 Å². The number of fused-ring (bicyclic) bond motifs is 1. The maximum atomic E-state index is 13.7. The summed E-state index contributed by atoms with van der Waals surface area (Å²) in [7, 11) is 0. The zero-order chi connectivity index (χ0) is 18.1. The second-order valence-electron chi connectivity index (χ2n) is 5.95. The molecule has 2 amide bonds. The highest BCUT2D eigenvalue weighted by Crippen LogP contribution is 2.20. The van der Waals surface area contributed by atoms with Crippen LogP contribution in [0.2, 0.25) is 0 Å². The minimum absolute atomic E-state index is 0.0283. The van der Waals surface area contributed by atoms with E-state index in [1.807, 2.05) is 0 Å². The smallest absolute Gasteiger partial charge is 0.242 e. The lowest BCUT2D eigenvalue weighted by molar-refractivity contribution is -0.141. The number of hydrogen-bond donors (Lipinski definition) is 1. The number of rotatable bonds is 4. The summed E-state index contributed by atoms with van der Waals surface area (Å²) in [6.07, 6.45) is 0.0676. The zero-order valence-corrected chi connectivity index (χ0v) is 13.6. The van der Waals surface area contributed by atoms with E-state index in [1.54, 1.807) is 11.5 Å². The first-order chi connectivity index (χ1) is 11.9. The normalized spacial score (nSPS) is 16.6. The fraction of sp³-hybridized carbons (Fsp3) is 0.375. The van der Waals surface area contributed by atoms with E-state index in [1.165, 1.54) is 11.0 Å². The van der Waals surface area contributed by atoms with Crippen molar-refractivity contribution in [2.45, 2.75) is 38.9 Å². The van der Waals surface area contributed by atoms with E-state index in [0.29, 0.717) is 11.6 Å². The Morgan fingerprint density at radius 2 is 2.08 bits per heavy atom. The molecule has 0 radical (unpaired) electrons. The topological polar surface area (TPSA) is 94.1 Å². The number of benzene rings is 1. The monoisotopic (exact) mass is 349 g/mol. The summed E-state index contributed by atoms with van der Waals surface area (Å²) in [5, 5.41) is 7.93. The second-order valence-corrected chi connectivity index (χ2v) is 5.95. The lowest BCUT2D eigenvalue weighted by Crippen LogP contribution is -2.53. The third kappa shape index (κ3) is 3.35. The van der Waals surface area contributed by atoms with E-state index < -0.39 is 23.6 Å². The van der Waals surface area contributed by atoms with E-state index in [-0.39, 0.29) is 37.4 Å². The van der Waals surface area contributed by atoms with Gasteiger partial charge in [0.1, 0.15) is 23.5 Å². The molecule has 1 unspecified atom stereocenters. The van der Waals surface area contributed by atoms with Gasteiger partial charge in [-0.3, -0.25) is 9.59 Å². The summed E-state index contributed by atoms with van der Waals surface area (Å²) in [5.74, 6) is -1.14. The number of carbonyl (C=O) groups is 2. The molecule has 0 aliphatic carbocycles. The zero-order valence-electron chi connectivity index (χ0n) is 13.6. The van der Waals surface area contributed by atoms with Crippen LogP contribution in [0.1, 0.15) is 23.6 Å². The van der Waals surface area contributed by atoms with E-state index in [4.69, 9.17) is 5.73 Å². The molecular weight excluding hydrogens is 332 g/mol.